The maximum atomic E-state index is 12.2. The summed E-state index contributed by atoms with van der Waals surface area (Å²) in [5.41, 5.74) is -0.739. The Morgan fingerprint density at radius 3 is 2.14 bits per heavy atom. The zero-order valence-electron chi connectivity index (χ0n) is 12.5. The number of carboxylic acid groups (broad SMARTS) is 1. The molecular formula is C14H18BrNO5S. The van der Waals surface area contributed by atoms with E-state index in [1.54, 1.807) is 20.8 Å². The fourth-order valence-electron chi connectivity index (χ4n) is 1.54. The van der Waals surface area contributed by atoms with E-state index in [0.717, 1.165) is 0 Å². The van der Waals surface area contributed by atoms with E-state index in [0.29, 0.717) is 4.47 Å². The number of carbonyl (C=O) groups excluding carboxylic acids is 1. The number of rotatable bonds is 6. The molecule has 0 bridgehead atoms. The molecule has 122 valence electrons. The van der Waals surface area contributed by atoms with Crippen LogP contribution in [-0.2, 0) is 19.6 Å². The minimum Gasteiger partial charge on any atom is -0.480 e. The fourth-order valence-corrected chi connectivity index (χ4v) is 2.99. The van der Waals surface area contributed by atoms with E-state index >= 15 is 0 Å². The van der Waals surface area contributed by atoms with Gasteiger partial charge in [-0.05, 0) is 24.3 Å². The van der Waals surface area contributed by atoms with Crippen molar-refractivity contribution < 1.29 is 23.1 Å². The van der Waals surface area contributed by atoms with Gasteiger partial charge in [0, 0.05) is 16.3 Å². The summed E-state index contributed by atoms with van der Waals surface area (Å²) in [6.45, 7) is 4.95. The van der Waals surface area contributed by atoms with Gasteiger partial charge >= 0.3 is 5.97 Å². The molecular weight excluding hydrogens is 374 g/mol. The average Bonchev–Trinajstić information content (AvgIpc) is 2.36. The average molecular weight is 392 g/mol. The number of hydrogen-bond donors (Lipinski definition) is 2. The predicted octanol–water partition coefficient (Wildman–Crippen LogP) is 2.19. The first-order valence-electron chi connectivity index (χ1n) is 6.47. The molecule has 1 rings (SSSR count). The van der Waals surface area contributed by atoms with Crippen LogP contribution in [0.2, 0.25) is 0 Å². The third-order valence-corrected chi connectivity index (χ3v) is 4.96. The van der Waals surface area contributed by atoms with Crippen molar-refractivity contribution in [1.29, 1.82) is 0 Å². The van der Waals surface area contributed by atoms with Gasteiger partial charge in [0.05, 0.1) is 4.90 Å². The van der Waals surface area contributed by atoms with Crippen molar-refractivity contribution >= 4 is 37.7 Å². The van der Waals surface area contributed by atoms with E-state index in [1.807, 2.05) is 0 Å². The Bertz CT molecular complexity index is 661. The maximum Gasteiger partial charge on any atom is 0.322 e. The molecule has 2 N–H and O–H groups in total. The van der Waals surface area contributed by atoms with Crippen LogP contribution in [0.1, 0.15) is 27.2 Å². The fraction of sp³-hybridized carbons (Fsp3) is 0.429. The molecule has 1 atom stereocenters. The number of Topliss-reactive ketones (excluding diaryl/α,β-unsaturated/α-hetero) is 1. The first-order valence-corrected chi connectivity index (χ1v) is 8.75. The van der Waals surface area contributed by atoms with E-state index in [4.69, 9.17) is 5.11 Å². The van der Waals surface area contributed by atoms with Crippen LogP contribution >= 0.6 is 15.9 Å². The lowest BCUT2D eigenvalue weighted by Gasteiger charge is -2.20. The van der Waals surface area contributed by atoms with Crippen molar-refractivity contribution in [3.8, 4) is 0 Å². The lowest BCUT2D eigenvalue weighted by atomic mass is 9.87. The minimum atomic E-state index is -4.02. The van der Waals surface area contributed by atoms with Gasteiger partial charge in [0.25, 0.3) is 0 Å². The molecule has 0 radical (unpaired) electrons. The molecule has 0 aliphatic rings. The molecule has 8 heteroatoms. The maximum absolute atomic E-state index is 12.2. The minimum absolute atomic E-state index is 0.0647. The quantitative estimate of drug-likeness (QED) is 0.773. The Hall–Kier alpha value is -1.25. The summed E-state index contributed by atoms with van der Waals surface area (Å²) < 4.78 is 27.1. The molecule has 0 fully saturated rings. The Kier molecular flexibility index (Phi) is 5.89. The summed E-state index contributed by atoms with van der Waals surface area (Å²) in [4.78, 5) is 23.1. The second-order valence-corrected chi connectivity index (χ2v) is 8.47. The number of ketones is 1. The topological polar surface area (TPSA) is 101 Å². The van der Waals surface area contributed by atoms with Crippen molar-refractivity contribution in [2.75, 3.05) is 0 Å². The number of carbonyl (C=O) groups is 2. The molecule has 0 amide bonds. The van der Waals surface area contributed by atoms with Crippen LogP contribution in [0.4, 0.5) is 0 Å². The summed E-state index contributed by atoms with van der Waals surface area (Å²) in [5, 5.41) is 9.16. The van der Waals surface area contributed by atoms with Crippen molar-refractivity contribution in [2.24, 2.45) is 5.41 Å². The lowest BCUT2D eigenvalue weighted by molar-refractivity contribution is -0.141. The van der Waals surface area contributed by atoms with E-state index in [1.165, 1.54) is 24.3 Å². The van der Waals surface area contributed by atoms with Gasteiger partial charge in [-0.3, -0.25) is 9.59 Å². The van der Waals surface area contributed by atoms with E-state index in [9.17, 15) is 18.0 Å². The van der Waals surface area contributed by atoms with Crippen LogP contribution in [-0.4, -0.2) is 31.3 Å². The molecule has 1 aromatic carbocycles. The second kappa shape index (κ2) is 6.89. The standard InChI is InChI=1S/C14H18BrNO5S/c1-14(2,3)12(17)8-11(13(18)19)16-22(20,21)10-6-4-9(15)5-7-10/h4-7,11,16H,8H2,1-3H3,(H,18,19). The van der Waals surface area contributed by atoms with E-state index in [-0.39, 0.29) is 10.7 Å². The zero-order chi connectivity index (χ0) is 17.1. The number of carboxylic acids is 1. The molecule has 0 heterocycles. The zero-order valence-corrected chi connectivity index (χ0v) is 14.9. The molecule has 1 aromatic rings. The molecule has 0 aliphatic carbocycles. The number of aliphatic carboxylic acids is 1. The molecule has 1 unspecified atom stereocenters. The first kappa shape index (κ1) is 18.8. The Morgan fingerprint density at radius 1 is 1.23 bits per heavy atom. The highest BCUT2D eigenvalue weighted by Gasteiger charge is 2.31. The molecule has 22 heavy (non-hydrogen) atoms. The summed E-state index contributed by atoms with van der Waals surface area (Å²) in [6.07, 6.45) is -0.408. The molecule has 0 saturated heterocycles. The smallest absolute Gasteiger partial charge is 0.322 e. The highest BCUT2D eigenvalue weighted by molar-refractivity contribution is 9.10. The van der Waals surface area contributed by atoms with E-state index < -0.39 is 33.9 Å². The third kappa shape index (κ3) is 5.19. The summed E-state index contributed by atoms with van der Waals surface area (Å²) in [6, 6.07) is 4.25. The first-order chi connectivity index (χ1) is 9.93. The second-order valence-electron chi connectivity index (χ2n) is 5.84. The van der Waals surface area contributed by atoms with Crippen molar-refractivity contribution in [1.82, 2.24) is 4.72 Å². The molecule has 0 aromatic heterocycles. The summed E-state index contributed by atoms with van der Waals surface area (Å²) >= 11 is 3.19. The Labute approximate surface area is 138 Å². The molecule has 0 spiro atoms. The van der Waals surface area contributed by atoms with Crippen LogP contribution in [0.25, 0.3) is 0 Å². The predicted molar refractivity (Wildman–Crippen MR) is 85.0 cm³/mol. The van der Waals surface area contributed by atoms with Crippen molar-refractivity contribution in [3.63, 3.8) is 0 Å². The van der Waals surface area contributed by atoms with Crippen LogP contribution in [0.3, 0.4) is 0 Å². The largest absolute Gasteiger partial charge is 0.480 e. The lowest BCUT2D eigenvalue weighted by Crippen LogP contribution is -2.43. The summed E-state index contributed by atoms with van der Waals surface area (Å²) in [5.74, 6) is -1.73. The highest BCUT2D eigenvalue weighted by atomic mass is 79.9. The number of benzene rings is 1. The van der Waals surface area contributed by atoms with Crippen LogP contribution in [0, 0.1) is 5.41 Å². The Balaban J connectivity index is 2.98. The van der Waals surface area contributed by atoms with Gasteiger partial charge in [-0.15, -0.1) is 0 Å². The monoisotopic (exact) mass is 391 g/mol. The van der Waals surface area contributed by atoms with Crippen LogP contribution < -0.4 is 4.72 Å². The van der Waals surface area contributed by atoms with Crippen LogP contribution in [0.15, 0.2) is 33.6 Å². The molecule has 0 aliphatic heterocycles. The Morgan fingerprint density at radius 2 is 1.73 bits per heavy atom. The van der Waals surface area contributed by atoms with Crippen molar-refractivity contribution in [2.45, 2.75) is 38.1 Å². The van der Waals surface area contributed by atoms with Crippen molar-refractivity contribution in [3.05, 3.63) is 28.7 Å². The number of sulfonamides is 1. The number of nitrogens with one attached hydrogen (secondary N) is 1. The third-order valence-electron chi connectivity index (χ3n) is 2.95. The SMILES string of the molecule is CC(C)(C)C(=O)CC(NS(=O)(=O)c1ccc(Br)cc1)C(=O)O. The number of hydrogen-bond acceptors (Lipinski definition) is 4. The molecule has 0 saturated carbocycles. The highest BCUT2D eigenvalue weighted by Crippen LogP contribution is 2.19. The van der Waals surface area contributed by atoms with Gasteiger partial charge in [-0.25, -0.2) is 8.42 Å². The van der Waals surface area contributed by atoms with Gasteiger partial charge < -0.3 is 5.11 Å². The van der Waals surface area contributed by atoms with Crippen LogP contribution in [0.5, 0.6) is 0 Å². The van der Waals surface area contributed by atoms with Gasteiger partial charge in [-0.2, -0.15) is 4.72 Å². The molecule has 6 nitrogen and oxygen atoms in total. The van der Waals surface area contributed by atoms with Gasteiger partial charge in [0.2, 0.25) is 10.0 Å². The number of halogens is 1. The van der Waals surface area contributed by atoms with Gasteiger partial charge in [0.1, 0.15) is 11.8 Å². The van der Waals surface area contributed by atoms with E-state index in [2.05, 4.69) is 20.7 Å². The normalized spacial score (nSPS) is 13.6. The van der Waals surface area contributed by atoms with Gasteiger partial charge in [-0.1, -0.05) is 36.7 Å². The summed E-state index contributed by atoms with van der Waals surface area (Å²) in [7, 11) is -4.02. The van der Waals surface area contributed by atoms with Gasteiger partial charge in [0.15, 0.2) is 0 Å².